The van der Waals surface area contributed by atoms with Crippen molar-refractivity contribution in [2.24, 2.45) is 0 Å². The van der Waals surface area contributed by atoms with Gasteiger partial charge in [0.25, 0.3) is 0 Å². The summed E-state index contributed by atoms with van der Waals surface area (Å²) in [7, 11) is 0. The van der Waals surface area contributed by atoms with E-state index in [1.165, 1.54) is 0 Å². The highest BCUT2D eigenvalue weighted by molar-refractivity contribution is 5.75. The maximum absolute atomic E-state index is 11.9. The van der Waals surface area contributed by atoms with Crippen LogP contribution in [0, 0.1) is 6.92 Å². The first-order valence-electron chi connectivity index (χ1n) is 7.28. The van der Waals surface area contributed by atoms with Crippen molar-refractivity contribution in [3.63, 3.8) is 0 Å². The number of para-hydroxylation sites is 1. The maximum atomic E-state index is 11.9. The number of hydrogen-bond acceptors (Lipinski definition) is 5. The van der Waals surface area contributed by atoms with Crippen LogP contribution in [-0.4, -0.2) is 18.7 Å². The third-order valence-corrected chi connectivity index (χ3v) is 2.99. The van der Waals surface area contributed by atoms with Crippen molar-refractivity contribution in [3.05, 3.63) is 59.7 Å². The lowest BCUT2D eigenvalue weighted by molar-refractivity contribution is -0.142. The standard InChI is InChI=1S/C18H18O5/c1-3-21-17(19)12-14-11-13(2)9-10-16(14)23-18(20)22-15-7-5-4-6-8-15/h4-11H,3,12H2,1-2H3. The second-order valence-corrected chi connectivity index (χ2v) is 4.86. The summed E-state index contributed by atoms with van der Waals surface area (Å²) < 4.78 is 15.2. The second-order valence-electron chi connectivity index (χ2n) is 4.86. The largest absolute Gasteiger partial charge is 0.519 e. The Hall–Kier alpha value is -2.82. The molecule has 5 nitrogen and oxygen atoms in total. The number of carbonyl (C=O) groups excluding carboxylic acids is 2. The van der Waals surface area contributed by atoms with Crippen LogP contribution < -0.4 is 9.47 Å². The number of benzene rings is 2. The van der Waals surface area contributed by atoms with Crippen LogP contribution in [0.2, 0.25) is 0 Å². The zero-order valence-electron chi connectivity index (χ0n) is 13.1. The smallest absolute Gasteiger partial charge is 0.466 e. The van der Waals surface area contributed by atoms with E-state index in [9.17, 15) is 9.59 Å². The van der Waals surface area contributed by atoms with Crippen LogP contribution in [0.25, 0.3) is 0 Å². The van der Waals surface area contributed by atoms with Gasteiger partial charge in [0.05, 0.1) is 13.0 Å². The van der Waals surface area contributed by atoms with E-state index in [1.54, 1.807) is 49.4 Å². The molecule has 0 amide bonds. The number of rotatable bonds is 5. The highest BCUT2D eigenvalue weighted by atomic mass is 16.7. The summed E-state index contributed by atoms with van der Waals surface area (Å²) in [6.45, 7) is 3.93. The molecule has 23 heavy (non-hydrogen) atoms. The minimum atomic E-state index is -0.856. The topological polar surface area (TPSA) is 61.8 Å². The molecule has 2 aromatic carbocycles. The number of aryl methyl sites for hydroxylation is 1. The van der Waals surface area contributed by atoms with Crippen molar-refractivity contribution in [2.45, 2.75) is 20.3 Å². The molecule has 0 aliphatic rings. The molecule has 0 aliphatic carbocycles. The van der Waals surface area contributed by atoms with Gasteiger partial charge in [0, 0.05) is 5.56 Å². The summed E-state index contributed by atoms with van der Waals surface area (Å²) in [5.41, 5.74) is 1.53. The molecule has 0 spiro atoms. The molecule has 0 heterocycles. The molecule has 120 valence electrons. The lowest BCUT2D eigenvalue weighted by atomic mass is 10.1. The Morgan fingerprint density at radius 1 is 1.00 bits per heavy atom. The Labute approximate surface area is 134 Å². The van der Waals surface area contributed by atoms with Gasteiger partial charge < -0.3 is 14.2 Å². The van der Waals surface area contributed by atoms with Crippen molar-refractivity contribution in [3.8, 4) is 11.5 Å². The van der Waals surface area contributed by atoms with Gasteiger partial charge in [-0.2, -0.15) is 0 Å². The SMILES string of the molecule is CCOC(=O)Cc1cc(C)ccc1OC(=O)Oc1ccccc1. The van der Waals surface area contributed by atoms with Gasteiger partial charge >= 0.3 is 12.1 Å². The highest BCUT2D eigenvalue weighted by Gasteiger charge is 2.14. The number of esters is 1. The van der Waals surface area contributed by atoms with Gasteiger partial charge in [-0.05, 0) is 32.0 Å². The summed E-state index contributed by atoms with van der Waals surface area (Å²) in [4.78, 5) is 23.5. The van der Waals surface area contributed by atoms with Crippen LogP contribution in [0.5, 0.6) is 11.5 Å². The summed E-state index contributed by atoms with van der Waals surface area (Å²) >= 11 is 0. The van der Waals surface area contributed by atoms with Crippen molar-refractivity contribution in [1.82, 2.24) is 0 Å². The molecular weight excluding hydrogens is 296 g/mol. The van der Waals surface area contributed by atoms with E-state index in [0.717, 1.165) is 5.56 Å². The predicted molar refractivity (Wildman–Crippen MR) is 84.6 cm³/mol. The Kier molecular flexibility index (Phi) is 5.74. The van der Waals surface area contributed by atoms with Crippen LogP contribution >= 0.6 is 0 Å². The molecular formula is C18H18O5. The van der Waals surface area contributed by atoms with E-state index in [2.05, 4.69) is 0 Å². The third-order valence-electron chi connectivity index (χ3n) is 2.99. The molecule has 0 aliphatic heterocycles. The van der Waals surface area contributed by atoms with Gasteiger partial charge in [-0.1, -0.05) is 35.9 Å². The van der Waals surface area contributed by atoms with Crippen molar-refractivity contribution < 1.29 is 23.8 Å². The van der Waals surface area contributed by atoms with Crippen LogP contribution in [-0.2, 0) is 16.0 Å². The summed E-state index contributed by atoms with van der Waals surface area (Å²) in [6.07, 6.45) is -0.825. The molecule has 5 heteroatoms. The van der Waals surface area contributed by atoms with E-state index in [0.29, 0.717) is 17.9 Å². The minimum Gasteiger partial charge on any atom is -0.466 e. The van der Waals surface area contributed by atoms with Gasteiger partial charge in [-0.3, -0.25) is 4.79 Å². The van der Waals surface area contributed by atoms with Crippen LogP contribution in [0.1, 0.15) is 18.1 Å². The molecule has 0 unspecified atom stereocenters. The zero-order chi connectivity index (χ0) is 16.7. The Morgan fingerprint density at radius 3 is 2.43 bits per heavy atom. The highest BCUT2D eigenvalue weighted by Crippen LogP contribution is 2.22. The maximum Gasteiger partial charge on any atom is 0.519 e. The van der Waals surface area contributed by atoms with Crippen molar-refractivity contribution in [1.29, 1.82) is 0 Å². The lowest BCUT2D eigenvalue weighted by Gasteiger charge is -2.11. The summed E-state index contributed by atoms with van der Waals surface area (Å²) in [5, 5.41) is 0. The van der Waals surface area contributed by atoms with Crippen LogP contribution in [0.15, 0.2) is 48.5 Å². The van der Waals surface area contributed by atoms with Crippen molar-refractivity contribution in [2.75, 3.05) is 6.61 Å². The third kappa shape index (κ3) is 5.14. The lowest BCUT2D eigenvalue weighted by Crippen LogP contribution is -2.16. The van der Waals surface area contributed by atoms with Crippen LogP contribution in [0.4, 0.5) is 4.79 Å². The average Bonchev–Trinajstić information content (AvgIpc) is 2.51. The van der Waals surface area contributed by atoms with E-state index in [-0.39, 0.29) is 18.1 Å². The quantitative estimate of drug-likeness (QED) is 0.622. The van der Waals surface area contributed by atoms with E-state index < -0.39 is 6.16 Å². The fraction of sp³-hybridized carbons (Fsp3) is 0.222. The molecule has 0 atom stereocenters. The average molecular weight is 314 g/mol. The van der Waals surface area contributed by atoms with Gasteiger partial charge in [0.2, 0.25) is 0 Å². The Morgan fingerprint density at radius 2 is 1.74 bits per heavy atom. The Balaban J connectivity index is 2.09. The molecule has 2 aromatic rings. The summed E-state index contributed by atoms with van der Waals surface area (Å²) in [6, 6.07) is 13.8. The molecule has 0 radical (unpaired) electrons. The monoisotopic (exact) mass is 314 g/mol. The number of hydrogen-bond donors (Lipinski definition) is 0. The summed E-state index contributed by atoms with van der Waals surface area (Å²) in [5.74, 6) is 0.292. The predicted octanol–water partition coefficient (Wildman–Crippen LogP) is 3.68. The molecule has 0 fully saturated rings. The zero-order valence-corrected chi connectivity index (χ0v) is 13.1. The first kappa shape index (κ1) is 16.5. The van der Waals surface area contributed by atoms with Gasteiger partial charge in [-0.25, -0.2) is 4.79 Å². The molecule has 2 rings (SSSR count). The number of ether oxygens (including phenoxy) is 3. The number of carbonyl (C=O) groups is 2. The Bertz CT molecular complexity index is 679. The molecule has 0 aromatic heterocycles. The first-order chi connectivity index (χ1) is 11.1. The molecule has 0 bridgehead atoms. The van der Waals surface area contributed by atoms with E-state index in [1.807, 2.05) is 13.0 Å². The fourth-order valence-corrected chi connectivity index (χ4v) is 2.01. The fourth-order valence-electron chi connectivity index (χ4n) is 2.01. The minimum absolute atomic E-state index is 0.0312. The second kappa shape index (κ2) is 7.98. The van der Waals surface area contributed by atoms with E-state index >= 15 is 0 Å². The van der Waals surface area contributed by atoms with Crippen LogP contribution in [0.3, 0.4) is 0 Å². The first-order valence-corrected chi connectivity index (χ1v) is 7.28. The molecule has 0 N–H and O–H groups in total. The van der Waals surface area contributed by atoms with Gasteiger partial charge in [0.15, 0.2) is 0 Å². The van der Waals surface area contributed by atoms with Crippen molar-refractivity contribution >= 4 is 12.1 Å². The normalized spacial score (nSPS) is 10.0. The van der Waals surface area contributed by atoms with Gasteiger partial charge in [0.1, 0.15) is 11.5 Å². The molecule has 0 saturated heterocycles. The van der Waals surface area contributed by atoms with E-state index in [4.69, 9.17) is 14.2 Å². The molecule has 0 saturated carbocycles. The van der Waals surface area contributed by atoms with Gasteiger partial charge in [-0.15, -0.1) is 0 Å².